The van der Waals surface area contributed by atoms with Crippen molar-refractivity contribution in [1.82, 2.24) is 0 Å². The fourth-order valence-corrected chi connectivity index (χ4v) is 3.68. The quantitative estimate of drug-likeness (QED) is 0.138. The van der Waals surface area contributed by atoms with E-state index in [9.17, 15) is 18.9 Å². The Morgan fingerprint density at radius 1 is 0.556 bits per heavy atom. The molecule has 0 amide bonds. The summed E-state index contributed by atoms with van der Waals surface area (Å²) in [6.07, 6.45) is 12.2. The summed E-state index contributed by atoms with van der Waals surface area (Å²) in [5.41, 5.74) is 0. The van der Waals surface area contributed by atoms with Gasteiger partial charge in [-0.2, -0.15) is 0 Å². The lowest BCUT2D eigenvalue weighted by atomic mass is 10.1. The summed E-state index contributed by atoms with van der Waals surface area (Å²) in [6.45, 7) is 3.59. The molecule has 0 radical (unpaired) electrons. The van der Waals surface area contributed by atoms with Gasteiger partial charge in [-0.15, -0.1) is 0 Å². The number of phosphoric ester groups is 2. The summed E-state index contributed by atoms with van der Waals surface area (Å²) in [5.74, 6) is 0. The second kappa shape index (κ2) is 17.1. The van der Waals surface area contributed by atoms with Crippen LogP contribution in [0.1, 0.15) is 90.9 Å². The van der Waals surface area contributed by atoms with E-state index in [-0.39, 0.29) is 13.2 Å². The first-order valence-corrected chi connectivity index (χ1v) is 13.1. The first-order valence-electron chi connectivity index (χ1n) is 10.1. The van der Waals surface area contributed by atoms with E-state index in [0.717, 1.165) is 51.4 Å². The Balaban J connectivity index is 3.71. The first kappa shape index (κ1) is 27.2. The molecule has 0 fully saturated rings. The number of unbranched alkanes of at least 4 members (excludes halogenated alkanes) is 10. The molecule has 0 aliphatic rings. The Kier molecular flexibility index (Phi) is 17.2. The lowest BCUT2D eigenvalue weighted by molar-refractivity contribution is 0.0372. The fraction of sp³-hybridized carbons (Fsp3) is 1.00. The molecular formula is C17H38O8P2. The van der Waals surface area contributed by atoms with Gasteiger partial charge in [-0.05, 0) is 12.8 Å². The van der Waals surface area contributed by atoms with Gasteiger partial charge in [-0.25, -0.2) is 9.13 Å². The third-order valence-corrected chi connectivity index (χ3v) is 5.82. The first-order chi connectivity index (χ1) is 12.8. The van der Waals surface area contributed by atoms with Crippen LogP contribution in [0.4, 0.5) is 0 Å². The normalized spacial score (nSPS) is 16.1. The molecule has 8 nitrogen and oxygen atoms in total. The van der Waals surface area contributed by atoms with Gasteiger partial charge in [0, 0.05) is 0 Å². The van der Waals surface area contributed by atoms with Crippen molar-refractivity contribution in [2.24, 2.45) is 0 Å². The van der Waals surface area contributed by atoms with E-state index in [4.69, 9.17) is 9.05 Å². The van der Waals surface area contributed by atoms with Crippen LogP contribution in [0.15, 0.2) is 0 Å². The molecule has 0 aromatic rings. The predicted octanol–water partition coefficient (Wildman–Crippen LogP) is 5.93. The Labute approximate surface area is 164 Å². The third kappa shape index (κ3) is 19.3. The summed E-state index contributed by atoms with van der Waals surface area (Å²) in [7, 11) is -8.60. The maximum Gasteiger partial charge on any atom is 0.474 e. The van der Waals surface area contributed by atoms with Gasteiger partial charge in [0.25, 0.3) is 0 Å². The zero-order valence-corrected chi connectivity index (χ0v) is 18.6. The number of hydrogen-bond donors (Lipinski definition) is 2. The van der Waals surface area contributed by atoms with Gasteiger partial charge in [0.05, 0.1) is 13.2 Å². The second-order valence-corrected chi connectivity index (χ2v) is 9.42. The highest BCUT2D eigenvalue weighted by molar-refractivity contribution is 7.48. The summed E-state index contributed by atoms with van der Waals surface area (Å²) in [4.78, 5) is 19.0. The summed E-state index contributed by atoms with van der Waals surface area (Å²) < 4.78 is 41.9. The van der Waals surface area contributed by atoms with Gasteiger partial charge >= 0.3 is 15.6 Å². The van der Waals surface area contributed by atoms with E-state index in [1.807, 2.05) is 0 Å². The highest BCUT2D eigenvalue weighted by Crippen LogP contribution is 2.47. The van der Waals surface area contributed by atoms with Crippen molar-refractivity contribution in [3.63, 3.8) is 0 Å². The van der Waals surface area contributed by atoms with Crippen LogP contribution in [-0.2, 0) is 27.2 Å². The molecule has 0 saturated carbocycles. The molecule has 2 atom stereocenters. The molecule has 0 aromatic heterocycles. The molecular weight excluding hydrogens is 394 g/mol. The Bertz CT molecular complexity index is 395. The van der Waals surface area contributed by atoms with Crippen LogP contribution in [0, 0.1) is 0 Å². The van der Waals surface area contributed by atoms with E-state index < -0.39 is 22.4 Å². The van der Waals surface area contributed by atoms with Gasteiger partial charge in [0.1, 0.15) is 0 Å². The van der Waals surface area contributed by atoms with Crippen LogP contribution in [0.3, 0.4) is 0 Å². The molecule has 164 valence electrons. The third-order valence-electron chi connectivity index (χ3n) is 3.94. The highest BCUT2D eigenvalue weighted by atomic mass is 31.2. The Morgan fingerprint density at radius 2 is 0.889 bits per heavy atom. The smallest absolute Gasteiger partial charge is 0.302 e. The second-order valence-electron chi connectivity index (χ2n) is 6.52. The average Bonchev–Trinajstić information content (AvgIpc) is 2.59. The van der Waals surface area contributed by atoms with E-state index in [1.165, 1.54) is 12.8 Å². The largest absolute Gasteiger partial charge is 0.474 e. The molecule has 0 heterocycles. The SMILES string of the molecule is CCCCCCCCOP(=O)(O)OCOP(=O)(O)OCCCCCCCC. The molecule has 2 unspecified atom stereocenters. The van der Waals surface area contributed by atoms with Gasteiger partial charge in [0.2, 0.25) is 0 Å². The zero-order chi connectivity index (χ0) is 20.4. The summed E-state index contributed by atoms with van der Waals surface area (Å²) >= 11 is 0. The van der Waals surface area contributed by atoms with Crippen LogP contribution in [0.25, 0.3) is 0 Å². The Morgan fingerprint density at radius 3 is 1.26 bits per heavy atom. The maximum absolute atomic E-state index is 11.6. The van der Waals surface area contributed by atoms with Crippen molar-refractivity contribution in [3.05, 3.63) is 0 Å². The molecule has 10 heteroatoms. The van der Waals surface area contributed by atoms with Crippen molar-refractivity contribution < 1.29 is 37.0 Å². The molecule has 0 aliphatic carbocycles. The highest BCUT2D eigenvalue weighted by Gasteiger charge is 2.25. The van der Waals surface area contributed by atoms with Crippen LogP contribution >= 0.6 is 15.6 Å². The van der Waals surface area contributed by atoms with E-state index in [2.05, 4.69) is 22.9 Å². The van der Waals surface area contributed by atoms with Gasteiger partial charge < -0.3 is 9.79 Å². The van der Waals surface area contributed by atoms with Crippen molar-refractivity contribution in [1.29, 1.82) is 0 Å². The van der Waals surface area contributed by atoms with Crippen molar-refractivity contribution in [3.8, 4) is 0 Å². The van der Waals surface area contributed by atoms with Gasteiger partial charge in [0.15, 0.2) is 6.79 Å². The average molecular weight is 432 g/mol. The predicted molar refractivity (Wildman–Crippen MR) is 105 cm³/mol. The van der Waals surface area contributed by atoms with Crippen LogP contribution in [0.2, 0.25) is 0 Å². The topological polar surface area (TPSA) is 112 Å². The fourth-order valence-electron chi connectivity index (χ4n) is 2.36. The lowest BCUT2D eigenvalue weighted by Gasteiger charge is -2.15. The van der Waals surface area contributed by atoms with Crippen molar-refractivity contribution in [2.45, 2.75) is 90.9 Å². The number of rotatable bonds is 20. The van der Waals surface area contributed by atoms with E-state index >= 15 is 0 Å². The standard InChI is InChI=1S/C17H38O8P2/c1-3-5-7-9-11-13-15-22-26(18,19)24-17-25-27(20,21)23-16-14-12-10-8-6-4-2/h3-17H2,1-2H3,(H,18,19)(H,20,21). The van der Waals surface area contributed by atoms with Crippen LogP contribution in [-0.4, -0.2) is 29.8 Å². The molecule has 0 aliphatic heterocycles. The van der Waals surface area contributed by atoms with Crippen molar-refractivity contribution in [2.75, 3.05) is 20.0 Å². The minimum absolute atomic E-state index is 0.0885. The maximum atomic E-state index is 11.6. The molecule has 27 heavy (non-hydrogen) atoms. The van der Waals surface area contributed by atoms with E-state index in [0.29, 0.717) is 12.8 Å². The lowest BCUT2D eigenvalue weighted by Crippen LogP contribution is -2.03. The van der Waals surface area contributed by atoms with Gasteiger partial charge in [-0.1, -0.05) is 78.1 Å². The summed E-state index contributed by atoms with van der Waals surface area (Å²) in [6, 6.07) is 0. The van der Waals surface area contributed by atoms with Gasteiger partial charge in [-0.3, -0.25) is 18.1 Å². The molecule has 0 bridgehead atoms. The zero-order valence-electron chi connectivity index (χ0n) is 16.8. The van der Waals surface area contributed by atoms with Crippen LogP contribution in [0.5, 0.6) is 0 Å². The number of hydrogen-bond acceptors (Lipinski definition) is 6. The minimum Gasteiger partial charge on any atom is -0.302 e. The van der Waals surface area contributed by atoms with E-state index in [1.54, 1.807) is 0 Å². The molecule has 2 N–H and O–H groups in total. The van der Waals surface area contributed by atoms with Crippen LogP contribution < -0.4 is 0 Å². The molecule has 0 rings (SSSR count). The molecule has 0 saturated heterocycles. The summed E-state index contributed by atoms with van der Waals surface area (Å²) in [5, 5.41) is 0. The minimum atomic E-state index is -4.30. The monoisotopic (exact) mass is 432 g/mol. The Hall–Kier alpha value is 0.220. The molecule has 0 spiro atoms. The molecule has 0 aromatic carbocycles. The number of phosphoric acid groups is 2. The van der Waals surface area contributed by atoms with Crippen molar-refractivity contribution >= 4 is 15.6 Å².